The molecule has 12 rings (SSSR count). The van der Waals surface area contributed by atoms with Gasteiger partial charge in [0, 0.05) is 93.0 Å². The first-order chi connectivity index (χ1) is 34.5. The molecule has 3 aromatic heterocycles. The van der Waals surface area contributed by atoms with E-state index in [4.69, 9.17) is 34.8 Å². The first kappa shape index (κ1) is 49.6. The van der Waals surface area contributed by atoms with Crippen LogP contribution in [0.4, 0.5) is 21.9 Å². The number of imide groups is 1. The fraction of sp³-hybridized carbons (Fsp3) is 0.400. The summed E-state index contributed by atoms with van der Waals surface area (Å²) >= 11 is 18.7. The van der Waals surface area contributed by atoms with Crippen LogP contribution in [-0.4, -0.2) is 124 Å². The predicted molar refractivity (Wildman–Crippen MR) is 282 cm³/mol. The summed E-state index contributed by atoms with van der Waals surface area (Å²) < 4.78 is 25.4. The van der Waals surface area contributed by atoms with Crippen molar-refractivity contribution in [3.63, 3.8) is 0 Å². The summed E-state index contributed by atoms with van der Waals surface area (Å²) in [6, 6.07) is 20.9. The molecule has 5 aliphatic heterocycles. The molecule has 72 heavy (non-hydrogen) atoms. The SMILES string of the molecule is CC1(C)CN(c2cc(Cl)cc3[nH]ncc23)CCC12NC(=O)NC2=O.CCS(=O)(=O)N1CCC(c2cc(Cl)cc3[nH]ncc23)CC1.O=C1N(c2ccccc2)CNC12CCN(c1cc(Cl)cc3[nH]ncc13)CC2. The number of nitrogens with one attached hydrogen (secondary N) is 6. The molecule has 0 aliphatic carbocycles. The highest BCUT2D eigenvalue weighted by molar-refractivity contribution is 7.89. The lowest BCUT2D eigenvalue weighted by molar-refractivity contribution is -0.129. The Hall–Kier alpha value is -5.96. The molecule has 7 aromatic rings. The van der Waals surface area contributed by atoms with Gasteiger partial charge in [-0.1, -0.05) is 66.8 Å². The molecular formula is C50H56Cl3N13O5S. The number of benzene rings is 4. The number of aromatic amines is 3. The summed E-state index contributed by atoms with van der Waals surface area (Å²) in [7, 11) is -3.08. The van der Waals surface area contributed by atoms with Crippen LogP contribution in [0.3, 0.4) is 0 Å². The number of H-pyrrole nitrogens is 3. The number of aromatic nitrogens is 6. The van der Waals surface area contributed by atoms with Crippen LogP contribution in [-0.2, 0) is 19.6 Å². The molecule has 0 bridgehead atoms. The lowest BCUT2D eigenvalue weighted by atomic mass is 9.67. The van der Waals surface area contributed by atoms with Crippen LogP contribution in [0.15, 0.2) is 85.3 Å². The Morgan fingerprint density at radius 1 is 0.694 bits per heavy atom. The van der Waals surface area contributed by atoms with E-state index in [0.29, 0.717) is 60.3 Å². The Morgan fingerprint density at radius 2 is 1.24 bits per heavy atom. The first-order valence-corrected chi connectivity index (χ1v) is 26.9. The van der Waals surface area contributed by atoms with E-state index >= 15 is 0 Å². The molecular weight excluding hydrogens is 1000 g/mol. The van der Waals surface area contributed by atoms with E-state index < -0.39 is 32.5 Å². The van der Waals surface area contributed by atoms with Crippen molar-refractivity contribution < 1.29 is 22.8 Å². The van der Waals surface area contributed by atoms with Crippen molar-refractivity contribution in [2.45, 2.75) is 69.9 Å². The highest BCUT2D eigenvalue weighted by Gasteiger charge is 2.58. The molecule has 5 fully saturated rings. The van der Waals surface area contributed by atoms with Crippen LogP contribution >= 0.6 is 34.8 Å². The third-order valence-corrected chi connectivity index (χ3v) is 17.8. The highest BCUT2D eigenvalue weighted by Crippen LogP contribution is 2.44. The van der Waals surface area contributed by atoms with Gasteiger partial charge in [-0.3, -0.25) is 40.4 Å². The predicted octanol–water partition coefficient (Wildman–Crippen LogP) is 7.93. The molecule has 4 aromatic carbocycles. The Morgan fingerprint density at radius 3 is 1.79 bits per heavy atom. The number of fused-ring (bicyclic) bond motifs is 3. The molecule has 6 N–H and O–H groups in total. The van der Waals surface area contributed by atoms with E-state index in [1.165, 1.54) is 5.56 Å². The molecule has 4 amide bonds. The third kappa shape index (κ3) is 9.23. The van der Waals surface area contributed by atoms with Gasteiger partial charge in [-0.2, -0.15) is 15.3 Å². The van der Waals surface area contributed by atoms with Gasteiger partial charge in [0.05, 0.1) is 47.6 Å². The standard InChI is InChI=1S/C20H20ClN5O.C16H18ClN5O2.C14H18ClN3O2S/c21-14-10-17-16(12-23-24-17)18(11-14)25-8-6-20(7-9-25)19(27)26(13-22-20)15-4-2-1-3-5-15;1-15(2)8-22(4-3-16(15)13(23)19-14(24)20-16)12-6-9(17)5-11-10(12)7-18-21-11;1-2-21(19,20)18-5-3-10(4-6-18)12-7-11(15)8-14-13(12)9-16-17-14/h1-5,10-12,22H,6-9,13H2,(H,23,24);5-7H,3-4,8H2,1-2H3,(H,18,21)(H2,19,20,23,24);7-10H,2-6H2,1H3,(H,16,17). The minimum Gasteiger partial charge on any atom is -0.371 e. The maximum Gasteiger partial charge on any atom is 0.322 e. The van der Waals surface area contributed by atoms with Crippen LogP contribution in [0.2, 0.25) is 15.1 Å². The number of nitrogens with zero attached hydrogens (tertiary/aromatic N) is 7. The van der Waals surface area contributed by atoms with Gasteiger partial charge in [0.1, 0.15) is 11.1 Å². The molecule has 18 nitrogen and oxygen atoms in total. The number of sulfonamides is 1. The molecule has 5 aliphatic rings. The summed E-state index contributed by atoms with van der Waals surface area (Å²) in [5.41, 5.74) is 5.13. The van der Waals surface area contributed by atoms with Gasteiger partial charge >= 0.3 is 6.03 Å². The van der Waals surface area contributed by atoms with E-state index in [1.54, 1.807) is 17.4 Å². The van der Waals surface area contributed by atoms with Crippen molar-refractivity contribution in [1.29, 1.82) is 0 Å². The molecule has 22 heteroatoms. The number of amides is 4. The second kappa shape index (κ2) is 19.5. The Kier molecular flexibility index (Phi) is 13.4. The summed E-state index contributed by atoms with van der Waals surface area (Å²) in [6.07, 6.45) is 9.13. The van der Waals surface area contributed by atoms with Crippen LogP contribution in [0.25, 0.3) is 32.7 Å². The topological polar surface area (TPSA) is 220 Å². The number of halogens is 3. The normalized spacial score (nSPS) is 21.3. The van der Waals surface area contributed by atoms with Gasteiger partial charge < -0.3 is 15.1 Å². The molecule has 8 heterocycles. The van der Waals surface area contributed by atoms with Crippen LogP contribution in [0, 0.1) is 5.41 Å². The van der Waals surface area contributed by atoms with Crippen molar-refractivity contribution in [3.05, 3.63) is 106 Å². The number of hydrogen-bond donors (Lipinski definition) is 6. The van der Waals surface area contributed by atoms with E-state index in [-0.39, 0.29) is 17.6 Å². The highest BCUT2D eigenvalue weighted by atomic mass is 35.5. The van der Waals surface area contributed by atoms with Crippen LogP contribution in [0.5, 0.6) is 0 Å². The van der Waals surface area contributed by atoms with Gasteiger partial charge in [-0.05, 0) is 99.0 Å². The number of para-hydroxylation sites is 1. The van der Waals surface area contributed by atoms with E-state index in [2.05, 4.69) is 56.3 Å². The number of rotatable bonds is 6. The maximum absolute atomic E-state index is 13.2. The third-order valence-electron chi connectivity index (χ3n) is 15.2. The second-order valence-electron chi connectivity index (χ2n) is 19.8. The zero-order chi connectivity index (χ0) is 50.6. The van der Waals surface area contributed by atoms with E-state index in [1.807, 2.05) is 97.9 Å². The Balaban J connectivity index is 0.000000125. The average molecular weight is 1060 g/mol. The summed E-state index contributed by atoms with van der Waals surface area (Å²) in [6.45, 7) is 10.2. The molecule has 1 unspecified atom stereocenters. The molecule has 0 saturated carbocycles. The summed E-state index contributed by atoms with van der Waals surface area (Å²) in [5.74, 6) is 0.428. The van der Waals surface area contributed by atoms with Gasteiger partial charge in [0.25, 0.3) is 5.91 Å². The number of hydrogen-bond acceptors (Lipinski definition) is 11. The number of carbonyl (C=O) groups excluding carboxylic acids is 3. The molecule has 0 radical (unpaired) electrons. The van der Waals surface area contributed by atoms with Gasteiger partial charge in [-0.15, -0.1) is 0 Å². The van der Waals surface area contributed by atoms with Crippen molar-refractivity contribution in [1.82, 2.24) is 50.8 Å². The molecule has 5 saturated heterocycles. The molecule has 378 valence electrons. The zero-order valence-corrected chi connectivity index (χ0v) is 43.2. The summed E-state index contributed by atoms with van der Waals surface area (Å²) in [5, 5.41) is 35.0. The van der Waals surface area contributed by atoms with Crippen molar-refractivity contribution in [2.75, 3.05) is 66.4 Å². The van der Waals surface area contributed by atoms with E-state index in [9.17, 15) is 22.8 Å². The zero-order valence-electron chi connectivity index (χ0n) is 40.1. The smallest absolute Gasteiger partial charge is 0.322 e. The molecule has 1 atom stereocenters. The van der Waals surface area contributed by atoms with Crippen molar-refractivity contribution in [3.8, 4) is 0 Å². The monoisotopic (exact) mass is 1060 g/mol. The van der Waals surface area contributed by atoms with Gasteiger partial charge in [0.15, 0.2) is 0 Å². The minimum absolute atomic E-state index is 0.167. The number of anilines is 3. The fourth-order valence-electron chi connectivity index (χ4n) is 11.2. The first-order valence-electron chi connectivity index (χ1n) is 24.1. The minimum atomic E-state index is -3.08. The van der Waals surface area contributed by atoms with Crippen molar-refractivity contribution in [2.24, 2.45) is 5.41 Å². The van der Waals surface area contributed by atoms with Crippen molar-refractivity contribution >= 4 is 112 Å². The number of urea groups is 1. The summed E-state index contributed by atoms with van der Waals surface area (Å²) in [4.78, 5) is 43.6. The number of piperidine rings is 3. The Bertz CT molecular complexity index is 3290. The fourth-order valence-corrected chi connectivity index (χ4v) is 13.0. The quantitative estimate of drug-likeness (QED) is 0.0879. The van der Waals surface area contributed by atoms with E-state index in [0.717, 1.165) is 88.5 Å². The average Bonchev–Trinajstić information content (AvgIpc) is 4.23. The van der Waals surface area contributed by atoms with Crippen LogP contribution in [0.1, 0.15) is 64.4 Å². The van der Waals surface area contributed by atoms with Crippen LogP contribution < -0.4 is 30.7 Å². The number of carbonyl (C=O) groups is 3. The van der Waals surface area contributed by atoms with Gasteiger partial charge in [0.2, 0.25) is 15.9 Å². The second-order valence-corrected chi connectivity index (χ2v) is 23.3. The lowest BCUT2D eigenvalue weighted by Crippen LogP contribution is -2.66. The van der Waals surface area contributed by atoms with Gasteiger partial charge in [-0.25, -0.2) is 17.5 Å². The lowest BCUT2D eigenvalue weighted by Gasteiger charge is -2.50. The largest absolute Gasteiger partial charge is 0.371 e. The Labute approximate surface area is 431 Å². The molecule has 2 spiro atoms. The maximum atomic E-state index is 13.2.